The Labute approximate surface area is 93.0 Å². The summed E-state index contributed by atoms with van der Waals surface area (Å²) in [6, 6.07) is 4.70. The van der Waals surface area contributed by atoms with Crippen molar-refractivity contribution in [1.82, 2.24) is 0 Å². The van der Waals surface area contributed by atoms with Crippen LogP contribution in [0.3, 0.4) is 0 Å². The highest BCUT2D eigenvalue weighted by atomic mass is 14.3. The maximum atomic E-state index is 2.38. The van der Waals surface area contributed by atoms with Gasteiger partial charge in [0.2, 0.25) is 0 Å². The molecular formula is C15H20. The summed E-state index contributed by atoms with van der Waals surface area (Å²) in [6.45, 7) is 9.03. The fourth-order valence-electron chi connectivity index (χ4n) is 2.35. The minimum atomic E-state index is 0.643. The monoisotopic (exact) mass is 200 g/mol. The molecule has 0 saturated heterocycles. The van der Waals surface area contributed by atoms with E-state index in [0.29, 0.717) is 5.92 Å². The molecule has 0 heteroatoms. The normalized spacial score (nSPS) is 20.4. The number of allylic oxidation sites excluding steroid dienone is 1. The first-order chi connectivity index (χ1) is 7.13. The van der Waals surface area contributed by atoms with Gasteiger partial charge < -0.3 is 0 Å². The van der Waals surface area contributed by atoms with Crippen LogP contribution in [0.15, 0.2) is 18.2 Å². The van der Waals surface area contributed by atoms with Crippen LogP contribution < -0.4 is 0 Å². The summed E-state index contributed by atoms with van der Waals surface area (Å²) in [6.07, 6.45) is 5.91. The first-order valence-corrected chi connectivity index (χ1v) is 5.92. The van der Waals surface area contributed by atoms with Gasteiger partial charge in [0.25, 0.3) is 0 Å². The molecule has 1 aromatic rings. The van der Waals surface area contributed by atoms with Crippen LogP contribution >= 0.6 is 0 Å². The minimum Gasteiger partial charge on any atom is -0.0761 e. The molecule has 0 radical (unpaired) electrons. The average Bonchev–Trinajstić information content (AvgIpc) is 2.61. The Morgan fingerprint density at radius 1 is 1.20 bits per heavy atom. The largest absolute Gasteiger partial charge is 0.0761 e. The Bertz CT molecular complexity index is 399. The van der Waals surface area contributed by atoms with E-state index in [9.17, 15) is 0 Å². The summed E-state index contributed by atoms with van der Waals surface area (Å²) in [7, 11) is 0. The van der Waals surface area contributed by atoms with Gasteiger partial charge in [-0.1, -0.05) is 44.6 Å². The second-order valence-electron chi connectivity index (χ2n) is 4.84. The minimum absolute atomic E-state index is 0.643. The lowest BCUT2D eigenvalue weighted by Crippen LogP contribution is -2.05. The van der Waals surface area contributed by atoms with Crippen molar-refractivity contribution in [3.63, 3.8) is 0 Å². The Hall–Kier alpha value is -1.04. The fourth-order valence-corrected chi connectivity index (χ4v) is 2.35. The van der Waals surface area contributed by atoms with Crippen molar-refractivity contribution in [2.75, 3.05) is 0 Å². The third-order valence-corrected chi connectivity index (χ3v) is 3.80. The highest BCUT2D eigenvalue weighted by Crippen LogP contribution is 2.37. The number of hydrogen-bond acceptors (Lipinski definition) is 0. The van der Waals surface area contributed by atoms with E-state index >= 15 is 0 Å². The van der Waals surface area contributed by atoms with Crippen LogP contribution in [0.1, 0.15) is 48.4 Å². The van der Waals surface area contributed by atoms with E-state index in [1.165, 1.54) is 28.7 Å². The molecule has 0 spiro atoms. The highest BCUT2D eigenvalue weighted by molar-refractivity contribution is 5.64. The molecule has 0 bridgehead atoms. The van der Waals surface area contributed by atoms with Crippen molar-refractivity contribution in [2.24, 2.45) is 5.92 Å². The van der Waals surface area contributed by atoms with Crippen molar-refractivity contribution in [3.05, 3.63) is 40.5 Å². The van der Waals surface area contributed by atoms with Gasteiger partial charge in [0.15, 0.2) is 0 Å². The zero-order chi connectivity index (χ0) is 11.0. The second kappa shape index (κ2) is 3.84. The Kier molecular flexibility index (Phi) is 2.68. The average molecular weight is 200 g/mol. The molecule has 0 aliphatic heterocycles. The van der Waals surface area contributed by atoms with E-state index in [1.807, 2.05) is 0 Å². The van der Waals surface area contributed by atoms with Gasteiger partial charge >= 0.3 is 0 Å². The molecule has 0 amide bonds. The number of rotatable bonds is 2. The van der Waals surface area contributed by atoms with Gasteiger partial charge in [0.1, 0.15) is 0 Å². The van der Waals surface area contributed by atoms with E-state index in [1.54, 1.807) is 0 Å². The molecule has 2 atom stereocenters. The molecular weight excluding hydrogens is 180 g/mol. The van der Waals surface area contributed by atoms with Gasteiger partial charge in [-0.2, -0.15) is 0 Å². The molecule has 2 unspecified atom stereocenters. The first-order valence-electron chi connectivity index (χ1n) is 5.92. The maximum Gasteiger partial charge on any atom is 0.00528 e. The molecule has 2 rings (SSSR count). The van der Waals surface area contributed by atoms with Crippen molar-refractivity contribution in [3.8, 4) is 0 Å². The number of benzene rings is 1. The molecule has 15 heavy (non-hydrogen) atoms. The van der Waals surface area contributed by atoms with Crippen LogP contribution in [0.5, 0.6) is 0 Å². The summed E-state index contributed by atoms with van der Waals surface area (Å²) < 4.78 is 0. The molecule has 1 aliphatic rings. The quantitative estimate of drug-likeness (QED) is 0.661. The van der Waals surface area contributed by atoms with Gasteiger partial charge in [-0.05, 0) is 42.0 Å². The summed E-state index contributed by atoms with van der Waals surface area (Å²) >= 11 is 0. The second-order valence-corrected chi connectivity index (χ2v) is 4.84. The zero-order valence-corrected chi connectivity index (χ0v) is 10.2. The van der Waals surface area contributed by atoms with E-state index in [0.717, 1.165) is 5.92 Å². The van der Waals surface area contributed by atoms with Crippen LogP contribution in [0, 0.1) is 19.8 Å². The molecule has 0 heterocycles. The maximum absolute atomic E-state index is 2.38. The Morgan fingerprint density at radius 2 is 1.87 bits per heavy atom. The van der Waals surface area contributed by atoms with Crippen LogP contribution in [0.4, 0.5) is 0 Å². The first kappa shape index (κ1) is 10.5. The third kappa shape index (κ3) is 1.73. The van der Waals surface area contributed by atoms with Crippen LogP contribution in [-0.2, 0) is 0 Å². The third-order valence-electron chi connectivity index (χ3n) is 3.80. The Morgan fingerprint density at radius 3 is 2.53 bits per heavy atom. The molecule has 0 saturated carbocycles. The number of hydrogen-bond donors (Lipinski definition) is 0. The zero-order valence-electron chi connectivity index (χ0n) is 10.2. The van der Waals surface area contributed by atoms with E-state index in [4.69, 9.17) is 0 Å². The molecule has 0 aromatic heterocycles. The van der Waals surface area contributed by atoms with Gasteiger partial charge in [-0.3, -0.25) is 0 Å². The summed E-state index contributed by atoms with van der Waals surface area (Å²) in [5, 5.41) is 0. The lowest BCUT2D eigenvalue weighted by molar-refractivity contribution is 0.511. The van der Waals surface area contributed by atoms with Crippen LogP contribution in [0.25, 0.3) is 6.08 Å². The Balaban J connectivity index is 2.42. The van der Waals surface area contributed by atoms with Gasteiger partial charge in [0, 0.05) is 5.92 Å². The van der Waals surface area contributed by atoms with Gasteiger partial charge in [-0.15, -0.1) is 0 Å². The van der Waals surface area contributed by atoms with Crippen LogP contribution in [-0.4, -0.2) is 0 Å². The van der Waals surface area contributed by atoms with Crippen molar-refractivity contribution in [2.45, 2.75) is 40.0 Å². The SMILES string of the molecule is CCC(C)C1C=Cc2cc(C)c(C)cc21. The highest BCUT2D eigenvalue weighted by Gasteiger charge is 2.22. The van der Waals surface area contributed by atoms with Crippen molar-refractivity contribution < 1.29 is 0 Å². The molecule has 80 valence electrons. The predicted octanol–water partition coefficient (Wildman–Crippen LogP) is 4.46. The fraction of sp³-hybridized carbons (Fsp3) is 0.467. The molecule has 1 aromatic carbocycles. The van der Waals surface area contributed by atoms with E-state index in [2.05, 4.69) is 52.0 Å². The van der Waals surface area contributed by atoms with Gasteiger partial charge in [-0.25, -0.2) is 0 Å². The van der Waals surface area contributed by atoms with Gasteiger partial charge in [0.05, 0.1) is 0 Å². The topological polar surface area (TPSA) is 0 Å². The summed E-state index contributed by atoms with van der Waals surface area (Å²) in [5.74, 6) is 1.40. The summed E-state index contributed by atoms with van der Waals surface area (Å²) in [4.78, 5) is 0. The molecule has 1 aliphatic carbocycles. The lowest BCUT2D eigenvalue weighted by atomic mass is 9.86. The lowest BCUT2D eigenvalue weighted by Gasteiger charge is -2.18. The van der Waals surface area contributed by atoms with E-state index < -0.39 is 0 Å². The number of aryl methyl sites for hydroxylation is 2. The summed E-state index contributed by atoms with van der Waals surface area (Å²) in [5.41, 5.74) is 5.80. The molecule has 0 nitrogen and oxygen atoms in total. The molecule has 0 fully saturated rings. The molecule has 0 N–H and O–H groups in total. The predicted molar refractivity (Wildman–Crippen MR) is 67.1 cm³/mol. The standard InChI is InChI=1S/C15H20/c1-5-10(2)14-7-6-13-8-11(3)12(4)9-15(13)14/h6-10,14H,5H2,1-4H3. The van der Waals surface area contributed by atoms with Crippen molar-refractivity contribution in [1.29, 1.82) is 0 Å². The van der Waals surface area contributed by atoms with Crippen LogP contribution in [0.2, 0.25) is 0 Å². The number of fused-ring (bicyclic) bond motifs is 1. The van der Waals surface area contributed by atoms with E-state index in [-0.39, 0.29) is 0 Å². The smallest absolute Gasteiger partial charge is 0.00528 e. The van der Waals surface area contributed by atoms with Crippen molar-refractivity contribution >= 4 is 6.08 Å².